The van der Waals surface area contributed by atoms with Crippen molar-refractivity contribution in [2.24, 2.45) is 0 Å². The summed E-state index contributed by atoms with van der Waals surface area (Å²) in [6.45, 7) is 5.73. The highest BCUT2D eigenvalue weighted by atomic mass is 16.6. The molecule has 3 rings (SSSR count). The third-order valence-electron chi connectivity index (χ3n) is 6.94. The zero-order valence-electron chi connectivity index (χ0n) is 22.0. The van der Waals surface area contributed by atoms with Crippen LogP contribution in [-0.4, -0.2) is 64.3 Å². The number of rotatable bonds is 7. The van der Waals surface area contributed by atoms with E-state index in [1.54, 1.807) is 25.7 Å². The van der Waals surface area contributed by atoms with E-state index in [1.165, 1.54) is 19.3 Å². The highest BCUT2D eigenvalue weighted by Crippen LogP contribution is 2.24. The van der Waals surface area contributed by atoms with E-state index in [4.69, 9.17) is 4.74 Å². The third kappa shape index (κ3) is 8.50. The van der Waals surface area contributed by atoms with Gasteiger partial charge >= 0.3 is 6.09 Å². The van der Waals surface area contributed by atoms with E-state index in [2.05, 4.69) is 10.6 Å². The van der Waals surface area contributed by atoms with Crippen LogP contribution in [0.25, 0.3) is 0 Å². The summed E-state index contributed by atoms with van der Waals surface area (Å²) in [6.07, 6.45) is 7.12. The quantitative estimate of drug-likeness (QED) is 0.528. The Kier molecular flexibility index (Phi) is 10.2. The number of nitrogens with zero attached hydrogens (tertiary/aromatic N) is 1. The van der Waals surface area contributed by atoms with Crippen LogP contribution in [0.3, 0.4) is 0 Å². The lowest BCUT2D eigenvalue weighted by atomic mass is 9.96. The first-order valence-electron chi connectivity index (χ1n) is 13.5. The number of carbonyl (C=O) groups is 3. The summed E-state index contributed by atoms with van der Waals surface area (Å²) in [7, 11) is 0. The highest BCUT2D eigenvalue weighted by Gasteiger charge is 2.40. The Morgan fingerprint density at radius 1 is 1.00 bits per heavy atom. The molecule has 1 aliphatic heterocycles. The van der Waals surface area contributed by atoms with Gasteiger partial charge in [-0.1, -0.05) is 62.4 Å². The smallest absolute Gasteiger partial charge is 0.408 e. The van der Waals surface area contributed by atoms with Crippen molar-refractivity contribution in [3.63, 3.8) is 0 Å². The van der Waals surface area contributed by atoms with Crippen LogP contribution < -0.4 is 10.6 Å². The molecule has 0 bridgehead atoms. The molecule has 3 N–H and O–H groups in total. The van der Waals surface area contributed by atoms with Crippen molar-refractivity contribution in [2.45, 2.75) is 115 Å². The van der Waals surface area contributed by atoms with Crippen LogP contribution in [0.1, 0.15) is 84.1 Å². The minimum absolute atomic E-state index is 0.0673. The lowest BCUT2D eigenvalue weighted by molar-refractivity contribution is -0.141. The number of hydrogen-bond acceptors (Lipinski definition) is 5. The zero-order valence-corrected chi connectivity index (χ0v) is 22.0. The lowest BCUT2D eigenvalue weighted by Gasteiger charge is -2.32. The SMILES string of the molecule is CC(C)(C)OC(=O)N[C@@H](Cc1ccccc1)C(=O)N1CCC[C@H]1C(O)C(=O)NC1CCCCCCC1. The van der Waals surface area contributed by atoms with Crippen LogP contribution in [-0.2, 0) is 20.7 Å². The molecule has 1 saturated carbocycles. The van der Waals surface area contributed by atoms with Gasteiger partial charge in [-0.15, -0.1) is 0 Å². The third-order valence-corrected chi connectivity index (χ3v) is 6.94. The minimum Gasteiger partial charge on any atom is -0.444 e. The molecule has 1 aromatic rings. The second-order valence-corrected chi connectivity index (χ2v) is 11.1. The molecule has 0 radical (unpaired) electrons. The van der Waals surface area contributed by atoms with E-state index in [9.17, 15) is 19.5 Å². The molecule has 3 amide bonds. The average Bonchev–Trinajstić information content (AvgIpc) is 3.28. The van der Waals surface area contributed by atoms with E-state index in [1.807, 2.05) is 30.3 Å². The molecule has 2 aliphatic rings. The van der Waals surface area contributed by atoms with Gasteiger partial charge in [0.05, 0.1) is 6.04 Å². The topological polar surface area (TPSA) is 108 Å². The molecular formula is C28H43N3O5. The van der Waals surface area contributed by atoms with Crippen LogP contribution in [0.15, 0.2) is 30.3 Å². The first-order chi connectivity index (χ1) is 17.1. The number of aliphatic hydroxyl groups is 1. The predicted molar refractivity (Wildman–Crippen MR) is 138 cm³/mol. The van der Waals surface area contributed by atoms with Gasteiger partial charge in [0.1, 0.15) is 11.6 Å². The van der Waals surface area contributed by atoms with E-state index >= 15 is 0 Å². The van der Waals surface area contributed by atoms with Crippen molar-refractivity contribution in [3.8, 4) is 0 Å². The maximum Gasteiger partial charge on any atom is 0.408 e. The van der Waals surface area contributed by atoms with Gasteiger partial charge < -0.3 is 25.4 Å². The molecule has 1 aliphatic carbocycles. The van der Waals surface area contributed by atoms with Crippen molar-refractivity contribution in [3.05, 3.63) is 35.9 Å². The van der Waals surface area contributed by atoms with Gasteiger partial charge in [-0.05, 0) is 52.0 Å². The number of likely N-dealkylation sites (tertiary alicyclic amines) is 1. The standard InChI is InChI=1S/C28H43N3O5/c1-28(2,3)36-27(35)30-22(19-20-13-8-7-9-14-20)26(34)31-18-12-17-23(31)24(32)25(33)29-21-15-10-5-4-6-11-16-21/h7-9,13-14,21-24,32H,4-6,10-12,15-19H2,1-3H3,(H,29,33)(H,30,35)/t22-,23-,24?/m0/s1. The van der Waals surface area contributed by atoms with E-state index < -0.39 is 35.8 Å². The van der Waals surface area contributed by atoms with E-state index in [0.717, 1.165) is 31.2 Å². The van der Waals surface area contributed by atoms with Crippen molar-refractivity contribution in [1.82, 2.24) is 15.5 Å². The molecule has 36 heavy (non-hydrogen) atoms. The monoisotopic (exact) mass is 501 g/mol. The molecule has 8 heteroatoms. The molecule has 1 heterocycles. The second kappa shape index (κ2) is 13.1. The van der Waals surface area contributed by atoms with Crippen LogP contribution in [0.5, 0.6) is 0 Å². The van der Waals surface area contributed by atoms with Gasteiger partial charge in [0, 0.05) is 19.0 Å². The van der Waals surface area contributed by atoms with Gasteiger partial charge in [0.2, 0.25) is 5.91 Å². The molecule has 8 nitrogen and oxygen atoms in total. The van der Waals surface area contributed by atoms with Crippen LogP contribution in [0, 0.1) is 0 Å². The summed E-state index contributed by atoms with van der Waals surface area (Å²) in [4.78, 5) is 40.8. The molecule has 1 aromatic carbocycles. The van der Waals surface area contributed by atoms with Gasteiger partial charge in [0.15, 0.2) is 6.10 Å². The van der Waals surface area contributed by atoms with Gasteiger partial charge in [-0.3, -0.25) is 9.59 Å². The van der Waals surface area contributed by atoms with Crippen LogP contribution >= 0.6 is 0 Å². The fourth-order valence-corrected chi connectivity index (χ4v) is 5.16. The van der Waals surface area contributed by atoms with Gasteiger partial charge in [0.25, 0.3) is 5.91 Å². The number of benzene rings is 1. The summed E-state index contributed by atoms with van der Waals surface area (Å²) < 4.78 is 5.40. The molecule has 200 valence electrons. The molecule has 1 saturated heterocycles. The molecule has 0 spiro atoms. The average molecular weight is 502 g/mol. The number of aliphatic hydroxyl groups excluding tert-OH is 1. The molecule has 0 aromatic heterocycles. The Hall–Kier alpha value is -2.61. The Morgan fingerprint density at radius 3 is 2.28 bits per heavy atom. The maximum absolute atomic E-state index is 13.7. The predicted octanol–water partition coefficient (Wildman–Crippen LogP) is 3.70. The Labute approximate surface area is 215 Å². The van der Waals surface area contributed by atoms with Gasteiger partial charge in [-0.2, -0.15) is 0 Å². The Morgan fingerprint density at radius 2 is 1.64 bits per heavy atom. The summed E-state index contributed by atoms with van der Waals surface area (Å²) in [6, 6.07) is 8.03. The Balaban J connectivity index is 1.69. The maximum atomic E-state index is 13.7. The second-order valence-electron chi connectivity index (χ2n) is 11.1. The van der Waals surface area contributed by atoms with Crippen LogP contribution in [0.2, 0.25) is 0 Å². The Bertz CT molecular complexity index is 862. The van der Waals surface area contributed by atoms with Crippen LogP contribution in [0.4, 0.5) is 4.79 Å². The number of nitrogens with one attached hydrogen (secondary N) is 2. The number of ether oxygens (including phenoxy) is 1. The zero-order chi connectivity index (χ0) is 26.1. The fraction of sp³-hybridized carbons (Fsp3) is 0.679. The fourth-order valence-electron chi connectivity index (χ4n) is 5.16. The van der Waals surface area contributed by atoms with Crippen molar-refractivity contribution < 1.29 is 24.2 Å². The van der Waals surface area contributed by atoms with Crippen molar-refractivity contribution in [2.75, 3.05) is 6.54 Å². The van der Waals surface area contributed by atoms with E-state index in [0.29, 0.717) is 19.4 Å². The number of alkyl carbamates (subject to hydrolysis) is 1. The lowest BCUT2D eigenvalue weighted by Crippen LogP contribution is -2.56. The van der Waals surface area contributed by atoms with Gasteiger partial charge in [-0.25, -0.2) is 4.79 Å². The number of amides is 3. The normalized spacial score (nSPS) is 21.1. The summed E-state index contributed by atoms with van der Waals surface area (Å²) in [5, 5.41) is 16.7. The van der Waals surface area contributed by atoms with E-state index in [-0.39, 0.29) is 18.4 Å². The summed E-state index contributed by atoms with van der Waals surface area (Å²) in [5.41, 5.74) is 0.191. The summed E-state index contributed by atoms with van der Waals surface area (Å²) in [5.74, 6) is -0.727. The molecule has 2 fully saturated rings. The molecule has 3 atom stereocenters. The molecule has 1 unspecified atom stereocenters. The highest BCUT2D eigenvalue weighted by molar-refractivity contribution is 5.88. The first-order valence-corrected chi connectivity index (χ1v) is 13.5. The van der Waals surface area contributed by atoms with Crippen molar-refractivity contribution >= 4 is 17.9 Å². The van der Waals surface area contributed by atoms with Crippen molar-refractivity contribution in [1.29, 1.82) is 0 Å². The first kappa shape index (κ1) is 28.0. The summed E-state index contributed by atoms with van der Waals surface area (Å²) >= 11 is 0. The number of carbonyl (C=O) groups excluding carboxylic acids is 3. The molecular weight excluding hydrogens is 458 g/mol. The minimum atomic E-state index is -1.30. The largest absolute Gasteiger partial charge is 0.444 e. The number of hydrogen-bond donors (Lipinski definition) is 3.